The van der Waals surface area contributed by atoms with Crippen LogP contribution in [0.25, 0.3) is 0 Å². The highest BCUT2D eigenvalue weighted by molar-refractivity contribution is 6.74. The molecule has 0 saturated carbocycles. The predicted octanol–water partition coefficient (Wildman–Crippen LogP) is 5.33. The van der Waals surface area contributed by atoms with Gasteiger partial charge in [0.1, 0.15) is 6.67 Å². The van der Waals surface area contributed by atoms with Crippen molar-refractivity contribution in [3.8, 4) is 0 Å². The molecule has 0 bridgehead atoms. The van der Waals surface area contributed by atoms with E-state index in [-0.39, 0.29) is 10.5 Å². The lowest BCUT2D eigenvalue weighted by molar-refractivity contribution is 0.164. The normalized spacial score (nSPS) is 13.5. The summed E-state index contributed by atoms with van der Waals surface area (Å²) in [6.07, 6.45) is 0.793. The second-order valence-electron chi connectivity index (χ2n) is 8.55. The van der Waals surface area contributed by atoms with Crippen molar-refractivity contribution in [3.05, 3.63) is 29.3 Å². The summed E-state index contributed by atoms with van der Waals surface area (Å²) in [5.41, 5.74) is 8.05. The van der Waals surface area contributed by atoms with Gasteiger partial charge in [-0.15, -0.1) is 0 Å². The van der Waals surface area contributed by atoms with Crippen LogP contribution >= 0.6 is 0 Å². The molecule has 22 heavy (non-hydrogen) atoms. The number of halogens is 1. The van der Waals surface area contributed by atoms with Gasteiger partial charge in [0.2, 0.25) is 0 Å². The first-order chi connectivity index (χ1) is 9.88. The molecule has 0 unspecified atom stereocenters. The van der Waals surface area contributed by atoms with Gasteiger partial charge in [-0.1, -0.05) is 40.7 Å². The Morgan fingerprint density at radius 3 is 2.18 bits per heavy atom. The number of alkyl halides is 1. The van der Waals surface area contributed by atoms with Crippen molar-refractivity contribution in [2.45, 2.75) is 65.8 Å². The van der Waals surface area contributed by atoms with Crippen molar-refractivity contribution in [2.24, 2.45) is 5.41 Å². The summed E-state index contributed by atoms with van der Waals surface area (Å²) < 4.78 is 19.5. The zero-order valence-electron chi connectivity index (χ0n) is 15.2. The highest BCUT2D eigenvalue weighted by atomic mass is 28.4. The van der Waals surface area contributed by atoms with Crippen LogP contribution in [-0.4, -0.2) is 14.9 Å². The van der Waals surface area contributed by atoms with E-state index in [1.807, 2.05) is 12.1 Å². The number of nitrogen functional groups attached to an aromatic ring is 1. The van der Waals surface area contributed by atoms with Crippen molar-refractivity contribution in [2.75, 3.05) is 12.3 Å². The van der Waals surface area contributed by atoms with E-state index in [9.17, 15) is 4.39 Å². The van der Waals surface area contributed by atoms with E-state index in [2.05, 4.69) is 47.7 Å². The fourth-order valence-corrected chi connectivity index (χ4v) is 3.29. The first kappa shape index (κ1) is 19.2. The Kier molecular flexibility index (Phi) is 5.85. The van der Waals surface area contributed by atoms with Crippen LogP contribution in [-0.2, 0) is 17.5 Å². The molecule has 0 aliphatic rings. The standard InChI is InChI=1S/C18H32FNOSi/c1-17(2,3)22(6,7)21-13-18(4,5)11-14-8-9-16(20)10-15(14)12-19/h8-10H,11-13,20H2,1-7H3. The summed E-state index contributed by atoms with van der Waals surface area (Å²) in [4.78, 5) is 0. The largest absolute Gasteiger partial charge is 0.416 e. The Bertz CT molecular complexity index is 506. The van der Waals surface area contributed by atoms with E-state index in [1.54, 1.807) is 6.07 Å². The molecular formula is C18H32FNOSi. The van der Waals surface area contributed by atoms with Crippen LogP contribution in [0.3, 0.4) is 0 Å². The van der Waals surface area contributed by atoms with Gasteiger partial charge in [0.05, 0.1) is 0 Å². The average Bonchev–Trinajstić information content (AvgIpc) is 2.37. The summed E-state index contributed by atoms with van der Waals surface area (Å²) in [6.45, 7) is 15.8. The van der Waals surface area contributed by atoms with Gasteiger partial charge >= 0.3 is 0 Å². The molecule has 0 saturated heterocycles. The van der Waals surface area contributed by atoms with Crippen LogP contribution in [0.15, 0.2) is 18.2 Å². The maximum atomic E-state index is 13.2. The Morgan fingerprint density at radius 1 is 1.09 bits per heavy atom. The highest BCUT2D eigenvalue weighted by Gasteiger charge is 2.38. The van der Waals surface area contributed by atoms with Gasteiger partial charge < -0.3 is 10.2 Å². The lowest BCUT2D eigenvalue weighted by Gasteiger charge is -2.39. The van der Waals surface area contributed by atoms with Crippen molar-refractivity contribution in [3.63, 3.8) is 0 Å². The van der Waals surface area contributed by atoms with E-state index in [4.69, 9.17) is 10.2 Å². The highest BCUT2D eigenvalue weighted by Crippen LogP contribution is 2.38. The van der Waals surface area contributed by atoms with Gasteiger partial charge in [-0.3, -0.25) is 0 Å². The maximum absolute atomic E-state index is 13.2. The maximum Gasteiger partial charge on any atom is 0.192 e. The molecular weight excluding hydrogens is 293 g/mol. The summed E-state index contributed by atoms with van der Waals surface area (Å²) in [7, 11) is -1.76. The van der Waals surface area contributed by atoms with Gasteiger partial charge in [-0.2, -0.15) is 0 Å². The molecule has 0 atom stereocenters. The average molecular weight is 326 g/mol. The zero-order chi connectivity index (χ0) is 17.2. The summed E-state index contributed by atoms with van der Waals surface area (Å²) in [5.74, 6) is 0. The van der Waals surface area contributed by atoms with Crippen LogP contribution in [0.5, 0.6) is 0 Å². The van der Waals surface area contributed by atoms with Gasteiger partial charge in [-0.05, 0) is 53.2 Å². The minimum Gasteiger partial charge on any atom is -0.416 e. The smallest absolute Gasteiger partial charge is 0.192 e. The third kappa shape index (κ3) is 5.09. The molecule has 2 N–H and O–H groups in total. The van der Waals surface area contributed by atoms with Gasteiger partial charge in [0, 0.05) is 12.3 Å². The molecule has 0 fully saturated rings. The number of benzene rings is 1. The van der Waals surface area contributed by atoms with E-state index in [0.717, 1.165) is 12.0 Å². The predicted molar refractivity (Wildman–Crippen MR) is 96.3 cm³/mol. The Labute approximate surface area is 136 Å². The molecule has 126 valence electrons. The number of nitrogens with two attached hydrogens (primary N) is 1. The van der Waals surface area contributed by atoms with Crippen LogP contribution in [0.1, 0.15) is 45.7 Å². The summed E-state index contributed by atoms with van der Waals surface area (Å²) in [5, 5.41) is 0.203. The second-order valence-corrected chi connectivity index (χ2v) is 13.4. The molecule has 0 aliphatic carbocycles. The number of hydrogen-bond donors (Lipinski definition) is 1. The third-order valence-corrected chi connectivity index (χ3v) is 9.15. The SMILES string of the molecule is CC(C)(CO[Si](C)(C)C(C)(C)C)Cc1ccc(N)cc1CF. The molecule has 1 aromatic rings. The van der Waals surface area contributed by atoms with Gasteiger partial charge in [-0.25, -0.2) is 4.39 Å². The number of rotatable bonds is 6. The molecule has 0 amide bonds. The van der Waals surface area contributed by atoms with E-state index in [0.29, 0.717) is 17.9 Å². The lowest BCUT2D eigenvalue weighted by atomic mass is 9.85. The second kappa shape index (κ2) is 6.71. The Morgan fingerprint density at radius 2 is 1.68 bits per heavy atom. The fraction of sp³-hybridized carbons (Fsp3) is 0.667. The fourth-order valence-electron chi connectivity index (χ4n) is 2.10. The van der Waals surface area contributed by atoms with E-state index >= 15 is 0 Å². The van der Waals surface area contributed by atoms with Crippen LogP contribution < -0.4 is 5.73 Å². The van der Waals surface area contributed by atoms with Crippen LogP contribution in [0.4, 0.5) is 10.1 Å². The molecule has 0 heterocycles. The Balaban J connectivity index is 2.80. The van der Waals surface area contributed by atoms with Crippen LogP contribution in [0, 0.1) is 5.41 Å². The first-order valence-corrected chi connectivity index (χ1v) is 10.9. The van der Waals surface area contributed by atoms with Crippen molar-refractivity contribution >= 4 is 14.0 Å². The quantitative estimate of drug-likeness (QED) is 0.567. The van der Waals surface area contributed by atoms with E-state index in [1.165, 1.54) is 0 Å². The summed E-state index contributed by atoms with van der Waals surface area (Å²) >= 11 is 0. The van der Waals surface area contributed by atoms with Crippen molar-refractivity contribution in [1.29, 1.82) is 0 Å². The molecule has 0 spiro atoms. The minimum atomic E-state index is -1.76. The first-order valence-electron chi connectivity index (χ1n) is 7.95. The Hall–Kier alpha value is -0.873. The van der Waals surface area contributed by atoms with Gasteiger partial charge in [0.15, 0.2) is 8.32 Å². The van der Waals surface area contributed by atoms with Gasteiger partial charge in [0.25, 0.3) is 0 Å². The topological polar surface area (TPSA) is 35.2 Å². The molecule has 2 nitrogen and oxygen atoms in total. The monoisotopic (exact) mass is 325 g/mol. The molecule has 0 aromatic heterocycles. The molecule has 1 rings (SSSR count). The summed E-state index contributed by atoms with van der Waals surface area (Å²) in [6, 6.07) is 5.53. The molecule has 0 aliphatic heterocycles. The molecule has 0 radical (unpaired) electrons. The number of hydrogen-bond acceptors (Lipinski definition) is 2. The molecule has 1 aromatic carbocycles. The van der Waals surface area contributed by atoms with Crippen molar-refractivity contribution < 1.29 is 8.82 Å². The number of anilines is 1. The molecule has 4 heteroatoms. The van der Waals surface area contributed by atoms with Crippen LogP contribution in [0.2, 0.25) is 18.1 Å². The van der Waals surface area contributed by atoms with Crippen molar-refractivity contribution in [1.82, 2.24) is 0 Å². The minimum absolute atomic E-state index is 0.0322. The third-order valence-electron chi connectivity index (χ3n) is 4.67. The lowest BCUT2D eigenvalue weighted by Crippen LogP contribution is -2.43. The zero-order valence-corrected chi connectivity index (χ0v) is 16.2. The van der Waals surface area contributed by atoms with E-state index < -0.39 is 15.0 Å².